The number of phenols is 1. The molecular weight excluding hydrogens is 323 g/mol. The minimum atomic E-state index is -4.80. The summed E-state index contributed by atoms with van der Waals surface area (Å²) in [6, 6.07) is 3.93. The number of amides is 1. The molecule has 0 saturated heterocycles. The molecule has 1 amide bonds. The molecule has 2 atom stereocenters. The smallest absolute Gasteiger partial charge is 0.401 e. The van der Waals surface area contributed by atoms with Gasteiger partial charge in [0.05, 0.1) is 0 Å². The molecule has 9 heteroatoms. The first-order valence-electron chi connectivity index (χ1n) is 6.13. The summed E-state index contributed by atoms with van der Waals surface area (Å²) < 4.78 is 37.8. The second-order valence-corrected chi connectivity index (χ2v) is 4.91. The van der Waals surface area contributed by atoms with Crippen LogP contribution in [0, 0.1) is 5.92 Å². The quantitative estimate of drug-likeness (QED) is 0.594. The van der Waals surface area contributed by atoms with E-state index in [4.69, 9.17) is 10.2 Å². The highest BCUT2D eigenvalue weighted by Crippen LogP contribution is 2.27. The third-order valence-corrected chi connectivity index (χ3v) is 3.25. The number of nitrogens with one attached hydrogen (secondary N) is 1. The van der Waals surface area contributed by atoms with E-state index in [1.807, 2.05) is 5.32 Å². The maximum atomic E-state index is 12.6. The highest BCUT2D eigenvalue weighted by atomic mass is 32.1. The zero-order chi connectivity index (χ0) is 16.9. The number of benzene rings is 1. The summed E-state index contributed by atoms with van der Waals surface area (Å²) in [6.07, 6.45) is -5.01. The lowest BCUT2D eigenvalue weighted by atomic mass is 10.0. The van der Waals surface area contributed by atoms with Gasteiger partial charge in [-0.2, -0.15) is 25.8 Å². The lowest BCUT2D eigenvalue weighted by Crippen LogP contribution is -2.48. The van der Waals surface area contributed by atoms with Crippen LogP contribution in [0.2, 0.25) is 0 Å². The van der Waals surface area contributed by atoms with Crippen LogP contribution < -0.4 is 5.32 Å². The predicted molar refractivity (Wildman–Crippen MR) is 74.8 cm³/mol. The van der Waals surface area contributed by atoms with Crippen molar-refractivity contribution in [1.82, 2.24) is 5.32 Å². The first-order chi connectivity index (χ1) is 10.1. The van der Waals surface area contributed by atoms with Gasteiger partial charge in [0.25, 0.3) is 0 Å². The van der Waals surface area contributed by atoms with E-state index in [9.17, 15) is 22.8 Å². The Balaban J connectivity index is 2.82. The van der Waals surface area contributed by atoms with E-state index >= 15 is 0 Å². The van der Waals surface area contributed by atoms with Crippen molar-refractivity contribution >= 4 is 24.5 Å². The molecule has 22 heavy (non-hydrogen) atoms. The van der Waals surface area contributed by atoms with E-state index in [-0.39, 0.29) is 12.2 Å². The van der Waals surface area contributed by atoms with Crippen LogP contribution in [0.3, 0.4) is 0 Å². The average Bonchev–Trinajstić information content (AvgIpc) is 2.39. The molecule has 0 aliphatic heterocycles. The van der Waals surface area contributed by atoms with E-state index in [1.54, 1.807) is 0 Å². The van der Waals surface area contributed by atoms with Crippen molar-refractivity contribution in [2.45, 2.75) is 18.6 Å². The Morgan fingerprint density at radius 1 is 1.23 bits per heavy atom. The third-order valence-electron chi connectivity index (χ3n) is 2.88. The van der Waals surface area contributed by atoms with Crippen molar-refractivity contribution in [1.29, 1.82) is 0 Å². The van der Waals surface area contributed by atoms with Gasteiger partial charge in [0.2, 0.25) is 5.91 Å². The SMILES string of the molecule is O=C(O)[C@H](Cc1ccc(O)cc1)NC(=O)[C@@H](CS)C(F)(F)F. The molecule has 0 fully saturated rings. The van der Waals surface area contributed by atoms with Crippen molar-refractivity contribution in [3.05, 3.63) is 29.8 Å². The zero-order valence-electron chi connectivity index (χ0n) is 11.2. The van der Waals surface area contributed by atoms with Gasteiger partial charge in [-0.15, -0.1) is 0 Å². The summed E-state index contributed by atoms with van der Waals surface area (Å²) >= 11 is 3.48. The molecule has 0 spiro atoms. The molecule has 0 aliphatic carbocycles. The Morgan fingerprint density at radius 2 is 1.77 bits per heavy atom. The number of carbonyl (C=O) groups excluding carboxylic acids is 1. The predicted octanol–water partition coefficient (Wildman–Crippen LogP) is 1.61. The number of halogens is 3. The molecular formula is C13H14F3NO4S. The van der Waals surface area contributed by atoms with Crippen LogP contribution in [0.4, 0.5) is 13.2 Å². The number of carbonyl (C=O) groups is 2. The van der Waals surface area contributed by atoms with E-state index in [2.05, 4.69) is 12.6 Å². The van der Waals surface area contributed by atoms with Crippen LogP contribution >= 0.6 is 12.6 Å². The van der Waals surface area contributed by atoms with Gasteiger partial charge in [0.15, 0.2) is 0 Å². The molecule has 0 radical (unpaired) electrons. The summed E-state index contributed by atoms with van der Waals surface area (Å²) in [5.74, 6) is -6.08. The maximum Gasteiger partial charge on any atom is 0.401 e. The number of hydrogen-bond donors (Lipinski definition) is 4. The van der Waals surface area contributed by atoms with Crippen LogP contribution in [-0.2, 0) is 16.0 Å². The number of carboxylic acid groups (broad SMARTS) is 1. The van der Waals surface area contributed by atoms with Crippen LogP contribution in [0.15, 0.2) is 24.3 Å². The second kappa shape index (κ2) is 7.39. The summed E-state index contributed by atoms with van der Waals surface area (Å²) in [6.45, 7) is 0. The minimum Gasteiger partial charge on any atom is -0.508 e. The number of rotatable bonds is 6. The molecule has 1 aromatic carbocycles. The molecule has 0 aromatic heterocycles. The summed E-state index contributed by atoms with van der Waals surface area (Å²) in [5.41, 5.74) is 0.444. The lowest BCUT2D eigenvalue weighted by molar-refractivity contribution is -0.178. The third kappa shape index (κ3) is 5.14. The van der Waals surface area contributed by atoms with Crippen molar-refractivity contribution in [3.8, 4) is 5.75 Å². The number of aliphatic carboxylic acids is 1. The molecule has 1 rings (SSSR count). The fourth-order valence-corrected chi connectivity index (χ4v) is 2.05. The Morgan fingerprint density at radius 3 is 2.18 bits per heavy atom. The standard InChI is InChI=1S/C13H14F3NO4S/c14-13(15,16)9(6-22)11(19)17-10(12(20)21)5-7-1-3-8(18)4-2-7/h1-4,9-10,18,22H,5-6H2,(H,17,19)(H,20,21)/t9-,10+/m1/s1. The molecule has 0 bridgehead atoms. The van der Waals surface area contributed by atoms with E-state index in [0.717, 1.165) is 0 Å². The Bertz CT molecular complexity index is 533. The van der Waals surface area contributed by atoms with Crippen LogP contribution in [0.5, 0.6) is 5.75 Å². The van der Waals surface area contributed by atoms with Crippen LogP contribution in [0.25, 0.3) is 0 Å². The van der Waals surface area contributed by atoms with Gasteiger partial charge in [0, 0.05) is 12.2 Å². The number of aromatic hydroxyl groups is 1. The fourth-order valence-electron chi connectivity index (χ4n) is 1.68. The maximum absolute atomic E-state index is 12.6. The molecule has 3 N–H and O–H groups in total. The van der Waals surface area contributed by atoms with Gasteiger partial charge >= 0.3 is 12.1 Å². The largest absolute Gasteiger partial charge is 0.508 e. The Labute approximate surface area is 129 Å². The number of phenolic OH excluding ortho intramolecular Hbond substituents is 1. The summed E-state index contributed by atoms with van der Waals surface area (Å²) in [7, 11) is 0. The van der Waals surface area contributed by atoms with Crippen LogP contribution in [0.1, 0.15) is 5.56 Å². The second-order valence-electron chi connectivity index (χ2n) is 4.55. The lowest BCUT2D eigenvalue weighted by Gasteiger charge is -2.21. The molecule has 0 saturated carbocycles. The van der Waals surface area contributed by atoms with E-state index in [0.29, 0.717) is 5.56 Å². The topological polar surface area (TPSA) is 86.6 Å². The minimum absolute atomic E-state index is 0.0353. The van der Waals surface area contributed by atoms with Gasteiger partial charge in [-0.3, -0.25) is 4.79 Å². The normalized spacial score (nSPS) is 14.2. The molecule has 5 nitrogen and oxygen atoms in total. The van der Waals surface area contributed by atoms with Crippen LogP contribution in [-0.4, -0.2) is 40.1 Å². The molecule has 0 aliphatic rings. The van der Waals surface area contributed by atoms with E-state index in [1.165, 1.54) is 24.3 Å². The summed E-state index contributed by atoms with van der Waals surface area (Å²) in [4.78, 5) is 22.7. The zero-order valence-corrected chi connectivity index (χ0v) is 12.1. The highest BCUT2D eigenvalue weighted by molar-refractivity contribution is 7.80. The molecule has 0 unspecified atom stereocenters. The summed E-state index contributed by atoms with van der Waals surface area (Å²) in [5, 5.41) is 20.0. The monoisotopic (exact) mass is 337 g/mol. The Kier molecular flexibility index (Phi) is 6.10. The highest BCUT2D eigenvalue weighted by Gasteiger charge is 2.44. The molecule has 122 valence electrons. The average molecular weight is 337 g/mol. The first-order valence-corrected chi connectivity index (χ1v) is 6.77. The van der Waals surface area contributed by atoms with Crippen molar-refractivity contribution in [3.63, 3.8) is 0 Å². The first kappa shape index (κ1) is 18.1. The van der Waals surface area contributed by atoms with Crippen molar-refractivity contribution in [2.75, 3.05) is 5.75 Å². The molecule has 1 aromatic rings. The van der Waals surface area contributed by atoms with Gasteiger partial charge in [-0.1, -0.05) is 12.1 Å². The number of hydrogen-bond acceptors (Lipinski definition) is 4. The van der Waals surface area contributed by atoms with Gasteiger partial charge in [0.1, 0.15) is 17.7 Å². The number of carboxylic acids is 1. The van der Waals surface area contributed by atoms with Gasteiger partial charge < -0.3 is 15.5 Å². The molecule has 0 heterocycles. The van der Waals surface area contributed by atoms with Crippen molar-refractivity contribution < 1.29 is 33.0 Å². The van der Waals surface area contributed by atoms with E-state index < -0.39 is 35.8 Å². The fraction of sp³-hybridized carbons (Fsp3) is 0.385. The Hall–Kier alpha value is -1.90. The van der Waals surface area contributed by atoms with Gasteiger partial charge in [-0.05, 0) is 17.7 Å². The number of thiol groups is 1. The number of alkyl halides is 3. The van der Waals surface area contributed by atoms with Gasteiger partial charge in [-0.25, -0.2) is 4.79 Å². The van der Waals surface area contributed by atoms with Crippen molar-refractivity contribution in [2.24, 2.45) is 5.92 Å².